The lowest BCUT2D eigenvalue weighted by molar-refractivity contribution is -0.192. The molecule has 1 aliphatic rings. The van der Waals surface area contributed by atoms with Crippen molar-refractivity contribution in [2.45, 2.75) is 24.9 Å². The summed E-state index contributed by atoms with van der Waals surface area (Å²) in [5, 5.41) is 13.8. The minimum absolute atomic E-state index is 0.203. The van der Waals surface area contributed by atoms with Gasteiger partial charge in [-0.15, -0.1) is 11.3 Å². The number of carboxylic acids is 1. The number of aromatic nitrogens is 1. The number of rotatable bonds is 2. The number of carbonyl (C=O) groups is 1. The summed E-state index contributed by atoms with van der Waals surface area (Å²) in [4.78, 5) is 13.6. The van der Waals surface area contributed by atoms with Gasteiger partial charge in [-0.2, -0.15) is 13.2 Å². The SMILES string of the molecule is Fc1ccc(-c2csc(C3CCCNC3)n2)cc1.O=C(O)C(F)(F)F. The number of halogens is 4. The van der Waals surface area contributed by atoms with E-state index in [0.717, 1.165) is 24.3 Å². The molecule has 1 aliphatic heterocycles. The van der Waals surface area contributed by atoms with E-state index in [2.05, 4.69) is 15.7 Å². The van der Waals surface area contributed by atoms with Gasteiger partial charge in [-0.3, -0.25) is 0 Å². The van der Waals surface area contributed by atoms with Crippen molar-refractivity contribution < 1.29 is 27.5 Å². The molecule has 0 saturated carbocycles. The van der Waals surface area contributed by atoms with Crippen LogP contribution in [-0.2, 0) is 4.79 Å². The zero-order valence-corrected chi connectivity index (χ0v) is 13.8. The van der Waals surface area contributed by atoms with Gasteiger partial charge in [0.05, 0.1) is 10.7 Å². The molecule has 1 aromatic carbocycles. The van der Waals surface area contributed by atoms with Crippen LogP contribution in [0, 0.1) is 5.82 Å². The van der Waals surface area contributed by atoms with Crippen LogP contribution in [0.2, 0.25) is 0 Å². The Morgan fingerprint density at radius 2 is 1.92 bits per heavy atom. The molecule has 1 unspecified atom stereocenters. The number of nitrogens with zero attached hydrogens (tertiary/aromatic N) is 1. The summed E-state index contributed by atoms with van der Waals surface area (Å²) < 4.78 is 44.6. The van der Waals surface area contributed by atoms with E-state index in [1.54, 1.807) is 23.5 Å². The zero-order valence-electron chi connectivity index (χ0n) is 13.0. The molecular weight excluding hydrogens is 360 g/mol. The number of nitrogens with one attached hydrogen (secondary N) is 1. The molecule has 1 fully saturated rings. The lowest BCUT2D eigenvalue weighted by Crippen LogP contribution is -2.28. The number of carboxylic acid groups (broad SMARTS) is 1. The number of benzene rings is 1. The Kier molecular flexibility index (Phi) is 6.49. The zero-order chi connectivity index (χ0) is 18.4. The van der Waals surface area contributed by atoms with Gasteiger partial charge in [0.2, 0.25) is 0 Å². The fourth-order valence-electron chi connectivity index (χ4n) is 2.29. The van der Waals surface area contributed by atoms with Gasteiger partial charge < -0.3 is 10.4 Å². The highest BCUT2D eigenvalue weighted by Crippen LogP contribution is 2.29. The lowest BCUT2D eigenvalue weighted by Gasteiger charge is -2.20. The minimum Gasteiger partial charge on any atom is -0.475 e. The van der Waals surface area contributed by atoms with Gasteiger partial charge in [0.15, 0.2) is 0 Å². The van der Waals surface area contributed by atoms with Gasteiger partial charge in [-0.1, -0.05) is 0 Å². The van der Waals surface area contributed by atoms with E-state index in [1.807, 2.05) is 0 Å². The van der Waals surface area contributed by atoms with Crippen LogP contribution < -0.4 is 5.32 Å². The van der Waals surface area contributed by atoms with Crippen molar-refractivity contribution in [3.8, 4) is 11.3 Å². The second-order valence-electron chi connectivity index (χ2n) is 5.42. The third-order valence-corrected chi connectivity index (χ3v) is 4.56. The van der Waals surface area contributed by atoms with E-state index < -0.39 is 12.1 Å². The van der Waals surface area contributed by atoms with Crippen LogP contribution in [0.3, 0.4) is 0 Å². The molecule has 3 rings (SSSR count). The first kappa shape index (κ1) is 19.3. The van der Waals surface area contributed by atoms with Crippen molar-refractivity contribution in [3.05, 3.63) is 40.5 Å². The van der Waals surface area contributed by atoms with E-state index in [9.17, 15) is 17.6 Å². The maximum Gasteiger partial charge on any atom is 0.490 e. The first-order valence-electron chi connectivity index (χ1n) is 7.49. The second-order valence-corrected chi connectivity index (χ2v) is 6.31. The number of hydrogen-bond acceptors (Lipinski definition) is 4. The molecule has 9 heteroatoms. The predicted octanol–water partition coefficient (Wildman–Crippen LogP) is 4.05. The summed E-state index contributed by atoms with van der Waals surface area (Å²) >= 11 is 1.71. The van der Waals surface area contributed by atoms with Crippen molar-refractivity contribution in [1.82, 2.24) is 10.3 Å². The number of hydrogen-bond donors (Lipinski definition) is 2. The van der Waals surface area contributed by atoms with Gasteiger partial charge in [0.25, 0.3) is 0 Å². The summed E-state index contributed by atoms with van der Waals surface area (Å²) in [7, 11) is 0. The predicted molar refractivity (Wildman–Crippen MR) is 86.0 cm³/mol. The highest BCUT2D eigenvalue weighted by Gasteiger charge is 2.38. The van der Waals surface area contributed by atoms with Crippen molar-refractivity contribution in [1.29, 1.82) is 0 Å². The molecule has 1 atom stereocenters. The summed E-state index contributed by atoms with van der Waals surface area (Å²) in [6, 6.07) is 6.54. The molecule has 1 aromatic heterocycles. The number of alkyl halides is 3. The number of thiazole rings is 1. The first-order chi connectivity index (χ1) is 11.8. The lowest BCUT2D eigenvalue weighted by atomic mass is 10.0. The van der Waals surface area contributed by atoms with Gasteiger partial charge in [0.1, 0.15) is 5.82 Å². The maximum absolute atomic E-state index is 12.9. The van der Waals surface area contributed by atoms with Crippen LogP contribution in [0.15, 0.2) is 29.6 Å². The summed E-state index contributed by atoms with van der Waals surface area (Å²) in [5.41, 5.74) is 1.95. The van der Waals surface area contributed by atoms with Crippen LogP contribution in [0.1, 0.15) is 23.8 Å². The molecule has 0 aliphatic carbocycles. The summed E-state index contributed by atoms with van der Waals surface area (Å²) in [6.07, 6.45) is -2.65. The van der Waals surface area contributed by atoms with Gasteiger partial charge in [-0.05, 0) is 43.7 Å². The van der Waals surface area contributed by atoms with Crippen molar-refractivity contribution in [2.24, 2.45) is 0 Å². The third kappa shape index (κ3) is 5.79. The maximum atomic E-state index is 12.9. The molecule has 0 amide bonds. The normalized spacial score (nSPS) is 17.5. The third-order valence-electron chi connectivity index (χ3n) is 3.55. The van der Waals surface area contributed by atoms with E-state index >= 15 is 0 Å². The highest BCUT2D eigenvalue weighted by molar-refractivity contribution is 7.10. The molecule has 2 heterocycles. The van der Waals surface area contributed by atoms with Crippen LogP contribution in [-0.4, -0.2) is 35.3 Å². The molecule has 4 nitrogen and oxygen atoms in total. The Morgan fingerprint density at radius 3 is 2.44 bits per heavy atom. The molecule has 0 bridgehead atoms. The topological polar surface area (TPSA) is 62.2 Å². The van der Waals surface area contributed by atoms with Gasteiger partial charge in [0, 0.05) is 23.4 Å². The Morgan fingerprint density at radius 1 is 1.28 bits per heavy atom. The quantitative estimate of drug-likeness (QED) is 0.777. The van der Waals surface area contributed by atoms with Crippen molar-refractivity contribution in [3.63, 3.8) is 0 Å². The van der Waals surface area contributed by atoms with E-state index in [-0.39, 0.29) is 5.82 Å². The Bertz CT molecular complexity index is 695. The van der Waals surface area contributed by atoms with Crippen LogP contribution in [0.25, 0.3) is 11.3 Å². The Labute approximate surface area is 145 Å². The number of aliphatic carboxylic acids is 1. The van der Waals surface area contributed by atoms with E-state index in [4.69, 9.17) is 9.90 Å². The molecule has 25 heavy (non-hydrogen) atoms. The van der Waals surface area contributed by atoms with Crippen molar-refractivity contribution >= 4 is 17.3 Å². The monoisotopic (exact) mass is 376 g/mol. The second kappa shape index (κ2) is 8.39. The van der Waals surface area contributed by atoms with Crippen LogP contribution in [0.5, 0.6) is 0 Å². The van der Waals surface area contributed by atoms with Gasteiger partial charge >= 0.3 is 12.1 Å². The van der Waals surface area contributed by atoms with E-state index in [1.165, 1.54) is 30.0 Å². The van der Waals surface area contributed by atoms with Crippen LogP contribution in [0.4, 0.5) is 17.6 Å². The summed E-state index contributed by atoms with van der Waals surface area (Å²) in [5.74, 6) is -2.42. The van der Waals surface area contributed by atoms with E-state index in [0.29, 0.717) is 5.92 Å². The highest BCUT2D eigenvalue weighted by atomic mass is 32.1. The molecule has 2 aromatic rings. The standard InChI is InChI=1S/C14H15FN2S.C2HF3O2/c15-12-5-3-10(4-6-12)13-9-18-14(17-13)11-2-1-7-16-8-11;3-2(4,5)1(6)7/h3-6,9,11,16H,1-2,7-8H2;(H,6,7). The molecule has 0 spiro atoms. The molecule has 1 saturated heterocycles. The Balaban J connectivity index is 0.000000277. The molecule has 136 valence electrons. The molecular formula is C16H16F4N2O2S. The largest absolute Gasteiger partial charge is 0.490 e. The average molecular weight is 376 g/mol. The smallest absolute Gasteiger partial charge is 0.475 e. The Hall–Kier alpha value is -2.00. The van der Waals surface area contributed by atoms with Crippen LogP contribution >= 0.6 is 11.3 Å². The first-order valence-corrected chi connectivity index (χ1v) is 8.37. The summed E-state index contributed by atoms with van der Waals surface area (Å²) in [6.45, 7) is 2.14. The molecule has 2 N–H and O–H groups in total. The number of piperidine rings is 1. The molecule has 0 radical (unpaired) electrons. The van der Waals surface area contributed by atoms with Gasteiger partial charge in [-0.25, -0.2) is 14.2 Å². The minimum atomic E-state index is -5.08. The average Bonchev–Trinajstić information content (AvgIpc) is 3.06. The fourth-order valence-corrected chi connectivity index (χ4v) is 3.26. The fraction of sp³-hybridized carbons (Fsp3) is 0.375. The van der Waals surface area contributed by atoms with Crippen molar-refractivity contribution in [2.75, 3.05) is 13.1 Å².